The maximum atomic E-state index is 12.6. The van der Waals surface area contributed by atoms with E-state index >= 15 is 0 Å². The number of likely N-dealkylation sites (tertiary alicyclic amines) is 1. The summed E-state index contributed by atoms with van der Waals surface area (Å²) in [6.07, 6.45) is 6.00. The van der Waals surface area contributed by atoms with Crippen LogP contribution in [0.5, 0.6) is 0 Å². The summed E-state index contributed by atoms with van der Waals surface area (Å²) in [7, 11) is -4.20. The van der Waals surface area contributed by atoms with Crippen LogP contribution in [0.15, 0.2) is 6.07 Å². The Hall–Kier alpha value is -0.454. The van der Waals surface area contributed by atoms with Crippen LogP contribution < -0.4 is 56.7 Å². The van der Waals surface area contributed by atoms with Crippen LogP contribution >= 0.6 is 0 Å². The third-order valence-corrected chi connectivity index (χ3v) is 7.67. The Balaban J connectivity index is 0.00000240. The smallest absolute Gasteiger partial charge is 0.423 e. The molecule has 1 aliphatic heterocycles. The molecule has 7 nitrogen and oxygen atoms in total. The number of fused-ring (bicyclic) bond motifs is 2. The summed E-state index contributed by atoms with van der Waals surface area (Å²) in [5.41, 5.74) is 5.48. The van der Waals surface area contributed by atoms with Gasteiger partial charge in [0.05, 0.1) is 0 Å². The number of aryl methyl sites for hydroxylation is 2. The first-order valence-electron chi connectivity index (χ1n) is 10.0. The number of nitrogens with one attached hydrogen (secondary N) is 1. The van der Waals surface area contributed by atoms with E-state index in [-0.39, 0.29) is 63.8 Å². The van der Waals surface area contributed by atoms with Crippen LogP contribution in [0.3, 0.4) is 0 Å². The van der Waals surface area contributed by atoms with Crippen molar-refractivity contribution in [1.82, 2.24) is 4.90 Å². The van der Waals surface area contributed by atoms with E-state index in [0.717, 1.165) is 55.3 Å². The second-order valence-electron chi connectivity index (χ2n) is 8.17. The van der Waals surface area contributed by atoms with Crippen molar-refractivity contribution in [2.24, 2.45) is 0 Å². The molecule has 0 radical (unpaired) electrons. The number of urea groups is 1. The molecule has 1 atom stereocenters. The Labute approximate surface area is 214 Å². The first kappa shape index (κ1) is 23.2. The summed E-state index contributed by atoms with van der Waals surface area (Å²) in [6, 6.07) is 1.27. The predicted octanol–water partition coefficient (Wildman–Crippen LogP) is -0.0873. The molecule has 0 bridgehead atoms. The second-order valence-corrected chi connectivity index (χ2v) is 9.95. The topological polar surface area (TPSA) is 97.7 Å². The molecular formula is C20H26KN3O4S. The Morgan fingerprint density at radius 1 is 1.14 bits per heavy atom. The monoisotopic (exact) mass is 443 g/mol. The number of rotatable bonds is 4. The quantitative estimate of drug-likeness (QED) is 0.658. The van der Waals surface area contributed by atoms with Gasteiger partial charge in [-0.1, -0.05) is 6.07 Å². The number of carbonyl (C=O) groups is 2. The first-order chi connectivity index (χ1) is 13.3. The van der Waals surface area contributed by atoms with Crippen molar-refractivity contribution in [2.45, 2.75) is 70.1 Å². The van der Waals surface area contributed by atoms with Crippen LogP contribution in [0, 0.1) is 0 Å². The second kappa shape index (κ2) is 8.96. The van der Waals surface area contributed by atoms with E-state index in [9.17, 15) is 18.0 Å². The molecule has 3 amide bonds. The number of hydrogen-bond donors (Lipinski definition) is 1. The van der Waals surface area contributed by atoms with E-state index in [1.54, 1.807) is 0 Å². The third kappa shape index (κ3) is 4.45. The van der Waals surface area contributed by atoms with Gasteiger partial charge < -0.3 is 14.9 Å². The van der Waals surface area contributed by atoms with E-state index in [4.69, 9.17) is 0 Å². The van der Waals surface area contributed by atoms with Gasteiger partial charge in [0, 0.05) is 12.6 Å². The molecule has 0 spiro atoms. The normalized spacial score (nSPS) is 20.4. The molecule has 9 heteroatoms. The minimum absolute atomic E-state index is 0. The molecule has 0 saturated carbocycles. The minimum Gasteiger partial charge on any atom is -0.423 e. The van der Waals surface area contributed by atoms with Gasteiger partial charge in [-0.15, -0.1) is 0 Å². The number of amides is 3. The van der Waals surface area contributed by atoms with Gasteiger partial charge in [-0.3, -0.25) is 9.59 Å². The van der Waals surface area contributed by atoms with Crippen molar-refractivity contribution in [3.8, 4) is 0 Å². The first-order valence-corrected chi connectivity index (χ1v) is 11.5. The van der Waals surface area contributed by atoms with Crippen LogP contribution in [0.1, 0.15) is 55.4 Å². The summed E-state index contributed by atoms with van der Waals surface area (Å²) in [5.74, 6) is -0.465. The number of carbonyl (C=O) groups excluding carboxylic acids is 2. The van der Waals surface area contributed by atoms with Crippen LogP contribution in [-0.4, -0.2) is 43.1 Å². The Morgan fingerprint density at radius 3 is 2.24 bits per heavy atom. The molecule has 1 heterocycles. The van der Waals surface area contributed by atoms with Gasteiger partial charge in [0.25, 0.3) is 0 Å². The van der Waals surface area contributed by atoms with Crippen molar-refractivity contribution in [2.75, 3.05) is 11.9 Å². The van der Waals surface area contributed by atoms with E-state index in [1.807, 2.05) is 13.8 Å². The number of sulfonamides is 1. The van der Waals surface area contributed by atoms with Crippen LogP contribution in [0.2, 0.25) is 0 Å². The fourth-order valence-corrected chi connectivity index (χ4v) is 5.94. The van der Waals surface area contributed by atoms with Crippen molar-refractivity contribution in [1.29, 1.82) is 0 Å². The largest absolute Gasteiger partial charge is 1.00 e. The van der Waals surface area contributed by atoms with E-state index in [0.29, 0.717) is 6.54 Å². The third-order valence-electron chi connectivity index (χ3n) is 6.09. The summed E-state index contributed by atoms with van der Waals surface area (Å²) in [4.78, 5) is 26.4. The number of hydrogen-bond acceptors (Lipinski definition) is 4. The fraction of sp³-hybridized carbons (Fsp3) is 0.600. The minimum atomic E-state index is -4.20. The van der Waals surface area contributed by atoms with Gasteiger partial charge >= 0.3 is 51.4 Å². The van der Waals surface area contributed by atoms with Gasteiger partial charge in [-0.05, 0) is 86.7 Å². The van der Waals surface area contributed by atoms with Crippen LogP contribution in [0.25, 0.3) is 4.72 Å². The summed E-state index contributed by atoms with van der Waals surface area (Å²) < 4.78 is 28.7. The van der Waals surface area contributed by atoms with Gasteiger partial charge in [-0.25, -0.2) is 8.42 Å². The van der Waals surface area contributed by atoms with Crippen molar-refractivity contribution < 1.29 is 69.4 Å². The number of anilines is 1. The molecule has 0 aromatic heterocycles. The fourth-order valence-electron chi connectivity index (χ4n) is 4.74. The summed E-state index contributed by atoms with van der Waals surface area (Å²) >= 11 is 0. The van der Waals surface area contributed by atoms with E-state index < -0.39 is 27.2 Å². The molecule has 3 aliphatic rings. The Morgan fingerprint density at radius 2 is 1.72 bits per heavy atom. The number of nitrogens with zero attached hydrogens (tertiary/aromatic N) is 2. The van der Waals surface area contributed by atoms with Gasteiger partial charge in [0.2, 0.25) is 5.91 Å². The molecule has 152 valence electrons. The molecule has 1 fully saturated rings. The Kier molecular flexibility index (Phi) is 7.17. The van der Waals surface area contributed by atoms with Crippen molar-refractivity contribution in [3.05, 3.63) is 33.0 Å². The van der Waals surface area contributed by atoms with E-state index in [2.05, 4.69) is 16.1 Å². The molecule has 1 aromatic rings. The Bertz CT molecular complexity index is 913. The maximum absolute atomic E-state index is 12.6. The van der Waals surface area contributed by atoms with Crippen molar-refractivity contribution in [3.63, 3.8) is 0 Å². The van der Waals surface area contributed by atoms with E-state index in [1.165, 1.54) is 16.0 Å². The molecule has 1 unspecified atom stereocenters. The van der Waals surface area contributed by atoms with Gasteiger partial charge in [-0.2, -0.15) is 0 Å². The zero-order valence-electron chi connectivity index (χ0n) is 17.3. The average molecular weight is 444 g/mol. The zero-order chi connectivity index (χ0) is 20.1. The zero-order valence-corrected chi connectivity index (χ0v) is 21.3. The number of benzene rings is 1. The van der Waals surface area contributed by atoms with Crippen LogP contribution in [-0.2, 0) is 40.5 Å². The van der Waals surface area contributed by atoms with Crippen LogP contribution in [0.4, 0.5) is 10.5 Å². The molecule has 1 aromatic carbocycles. The maximum Gasteiger partial charge on any atom is 1.00 e. The predicted molar refractivity (Wildman–Crippen MR) is 107 cm³/mol. The molecule has 29 heavy (non-hydrogen) atoms. The average Bonchev–Trinajstić information content (AvgIpc) is 3.32. The molecular weight excluding hydrogens is 417 g/mol. The molecule has 1 N–H and O–H groups in total. The SMILES string of the molecule is CC(C)N1CCC(S(=O)(=O)[N-]C(=O)Nc2c3c(cc4c2CCC4)CCC3)C1=O.[K+]. The van der Waals surface area contributed by atoms with Crippen molar-refractivity contribution >= 4 is 27.6 Å². The summed E-state index contributed by atoms with van der Waals surface area (Å²) in [6.45, 7) is 4.05. The molecule has 4 rings (SSSR count). The van der Waals surface area contributed by atoms with Gasteiger partial charge in [0.1, 0.15) is 5.25 Å². The molecule has 1 saturated heterocycles. The van der Waals surface area contributed by atoms with Gasteiger partial charge in [0.15, 0.2) is 16.1 Å². The molecule has 2 aliphatic carbocycles. The summed E-state index contributed by atoms with van der Waals surface area (Å²) in [5, 5.41) is 1.50. The standard InChI is InChI=1S/C20H27N3O4S.K/c1-12(2)23-10-9-17(19(23)24)28(26,27)22-20(25)21-18-15-7-3-5-13(15)11-14-6-4-8-16(14)18;/h11-12,17H,3-10H2,1-2H3,(H2,21,22,25);/q;+1/p-1.